The standard InChI is InChI=1S/C24H29FN8O/c1-30-18-3-2-4-19(18)33-20(23(30)34)13-16-14-27-24(29-22(16)33)28-21-6-5-17(15-26-21)32-11-9-31(8-7-25)10-12-32/h5-6,13-15,18-19H,2-4,7-12H2,1H3,(H,26,27,28,29). The van der Waals surface area contributed by atoms with Crippen LogP contribution in [0, 0.1) is 0 Å². The Morgan fingerprint density at radius 2 is 1.91 bits per heavy atom. The molecule has 1 N–H and O–H groups in total. The first kappa shape index (κ1) is 21.3. The predicted octanol–water partition coefficient (Wildman–Crippen LogP) is 2.84. The zero-order chi connectivity index (χ0) is 23.2. The Morgan fingerprint density at radius 1 is 1.09 bits per heavy atom. The summed E-state index contributed by atoms with van der Waals surface area (Å²) in [5, 5.41) is 4.10. The van der Waals surface area contributed by atoms with Gasteiger partial charge in [-0.25, -0.2) is 14.4 Å². The molecule has 0 bridgehead atoms. The SMILES string of the molecule is CN1C(=O)c2cc3cnc(Nc4ccc(N5CCN(CCF)CC5)cn4)nc3n2C2CCCC21. The van der Waals surface area contributed by atoms with Crippen LogP contribution in [-0.4, -0.2) is 87.7 Å². The smallest absolute Gasteiger partial charge is 0.270 e. The van der Waals surface area contributed by atoms with E-state index in [0.29, 0.717) is 24.0 Å². The second-order valence-corrected chi connectivity index (χ2v) is 9.40. The van der Waals surface area contributed by atoms with Gasteiger partial charge in [0.05, 0.1) is 24.0 Å². The summed E-state index contributed by atoms with van der Waals surface area (Å²) in [7, 11) is 1.91. The molecule has 0 aromatic carbocycles. The van der Waals surface area contributed by atoms with Gasteiger partial charge in [0.25, 0.3) is 5.91 Å². The number of likely N-dealkylation sites (N-methyl/N-ethyl adjacent to an activating group) is 1. The van der Waals surface area contributed by atoms with Crippen LogP contribution in [0.25, 0.3) is 11.0 Å². The number of rotatable bonds is 5. The van der Waals surface area contributed by atoms with Crippen molar-refractivity contribution in [3.63, 3.8) is 0 Å². The summed E-state index contributed by atoms with van der Waals surface area (Å²) >= 11 is 0. The van der Waals surface area contributed by atoms with Gasteiger partial charge in [-0.2, -0.15) is 4.98 Å². The molecule has 2 aliphatic heterocycles. The third-order valence-electron chi connectivity index (χ3n) is 7.51. The average Bonchev–Trinajstić information content (AvgIpc) is 3.49. The molecule has 3 aromatic heterocycles. The van der Waals surface area contributed by atoms with Gasteiger partial charge >= 0.3 is 0 Å². The van der Waals surface area contributed by atoms with Crippen molar-refractivity contribution in [2.45, 2.75) is 31.3 Å². The molecular formula is C24H29FN8O. The lowest BCUT2D eigenvalue weighted by Gasteiger charge is -2.36. The van der Waals surface area contributed by atoms with E-state index in [9.17, 15) is 9.18 Å². The molecule has 34 heavy (non-hydrogen) atoms. The Balaban J connectivity index is 1.21. The highest BCUT2D eigenvalue weighted by molar-refractivity contribution is 5.99. The topological polar surface area (TPSA) is 82.4 Å². The van der Waals surface area contributed by atoms with Crippen LogP contribution in [0.1, 0.15) is 35.8 Å². The Bertz CT molecular complexity index is 1200. The van der Waals surface area contributed by atoms with E-state index in [1.54, 1.807) is 6.20 Å². The molecule has 9 nitrogen and oxygen atoms in total. The lowest BCUT2D eigenvalue weighted by atomic mass is 10.1. The number of pyridine rings is 1. The van der Waals surface area contributed by atoms with E-state index in [-0.39, 0.29) is 24.7 Å². The molecule has 1 saturated heterocycles. The van der Waals surface area contributed by atoms with E-state index in [1.807, 2.05) is 36.3 Å². The van der Waals surface area contributed by atoms with Crippen molar-refractivity contribution in [1.82, 2.24) is 29.3 Å². The van der Waals surface area contributed by atoms with Gasteiger partial charge in [0, 0.05) is 51.4 Å². The minimum atomic E-state index is -0.295. The molecule has 3 aromatic rings. The van der Waals surface area contributed by atoms with E-state index in [1.165, 1.54) is 0 Å². The van der Waals surface area contributed by atoms with Crippen LogP contribution in [0.2, 0.25) is 0 Å². The number of anilines is 3. The Morgan fingerprint density at radius 3 is 2.68 bits per heavy atom. The number of fused-ring (bicyclic) bond motifs is 5. The summed E-state index contributed by atoms with van der Waals surface area (Å²) in [4.78, 5) is 33.0. The third kappa shape index (κ3) is 3.56. The number of hydrogen-bond donors (Lipinski definition) is 1. The van der Waals surface area contributed by atoms with Crippen molar-refractivity contribution in [3.05, 3.63) is 36.3 Å². The largest absolute Gasteiger partial charge is 0.368 e. The molecule has 2 atom stereocenters. The van der Waals surface area contributed by atoms with Gasteiger partial charge < -0.3 is 19.7 Å². The highest BCUT2D eigenvalue weighted by Gasteiger charge is 2.41. The fraction of sp³-hybridized carbons (Fsp3) is 0.500. The Kier molecular flexibility index (Phi) is 5.32. The number of carbonyl (C=O) groups excluding carboxylic acids is 1. The predicted molar refractivity (Wildman–Crippen MR) is 128 cm³/mol. The van der Waals surface area contributed by atoms with Gasteiger partial charge in [0.15, 0.2) is 0 Å². The maximum absolute atomic E-state index is 12.9. The van der Waals surface area contributed by atoms with Crippen LogP contribution in [0.4, 0.5) is 21.8 Å². The van der Waals surface area contributed by atoms with Crippen LogP contribution in [-0.2, 0) is 0 Å². The molecule has 2 fully saturated rings. The zero-order valence-electron chi connectivity index (χ0n) is 19.3. The number of nitrogens with one attached hydrogen (secondary N) is 1. The van der Waals surface area contributed by atoms with Crippen molar-refractivity contribution in [1.29, 1.82) is 0 Å². The number of hydrogen-bond acceptors (Lipinski definition) is 7. The van der Waals surface area contributed by atoms with Gasteiger partial charge in [-0.15, -0.1) is 0 Å². The molecular weight excluding hydrogens is 435 g/mol. The number of nitrogens with zero attached hydrogens (tertiary/aromatic N) is 7. The zero-order valence-corrected chi connectivity index (χ0v) is 19.3. The van der Waals surface area contributed by atoms with E-state index in [2.05, 4.69) is 29.7 Å². The molecule has 1 amide bonds. The summed E-state index contributed by atoms with van der Waals surface area (Å²) in [6, 6.07) is 6.37. The molecule has 5 heterocycles. The van der Waals surface area contributed by atoms with Crippen molar-refractivity contribution >= 4 is 34.4 Å². The highest BCUT2D eigenvalue weighted by atomic mass is 19.1. The lowest BCUT2D eigenvalue weighted by molar-refractivity contribution is 0.0632. The van der Waals surface area contributed by atoms with E-state index < -0.39 is 0 Å². The summed E-state index contributed by atoms with van der Waals surface area (Å²) in [6.07, 6.45) is 6.82. The average molecular weight is 465 g/mol. The van der Waals surface area contributed by atoms with E-state index >= 15 is 0 Å². The number of alkyl halides is 1. The second-order valence-electron chi connectivity index (χ2n) is 9.40. The Labute approximate surface area is 197 Å². The van der Waals surface area contributed by atoms with Gasteiger partial charge in [-0.1, -0.05) is 0 Å². The van der Waals surface area contributed by atoms with Crippen LogP contribution in [0.3, 0.4) is 0 Å². The fourth-order valence-electron chi connectivity index (χ4n) is 5.68. The quantitative estimate of drug-likeness (QED) is 0.622. The normalized spacial score (nSPS) is 22.8. The van der Waals surface area contributed by atoms with Gasteiger partial charge in [0.2, 0.25) is 5.95 Å². The van der Waals surface area contributed by atoms with Crippen LogP contribution >= 0.6 is 0 Å². The first-order valence-electron chi connectivity index (χ1n) is 12.0. The molecule has 2 unspecified atom stereocenters. The number of halogens is 1. The van der Waals surface area contributed by atoms with Gasteiger partial charge in [0.1, 0.15) is 23.8 Å². The third-order valence-corrected chi connectivity index (χ3v) is 7.51. The molecule has 10 heteroatoms. The highest BCUT2D eigenvalue weighted by Crippen LogP contribution is 2.41. The molecule has 6 rings (SSSR count). The van der Waals surface area contributed by atoms with Crippen LogP contribution in [0.5, 0.6) is 0 Å². The maximum atomic E-state index is 12.9. The minimum absolute atomic E-state index is 0.0541. The van der Waals surface area contributed by atoms with E-state index in [0.717, 1.165) is 62.2 Å². The van der Waals surface area contributed by atoms with Crippen molar-refractivity contribution in [3.8, 4) is 0 Å². The molecule has 0 spiro atoms. The fourth-order valence-corrected chi connectivity index (χ4v) is 5.68. The molecule has 178 valence electrons. The minimum Gasteiger partial charge on any atom is -0.368 e. The maximum Gasteiger partial charge on any atom is 0.270 e. The molecule has 1 saturated carbocycles. The second kappa shape index (κ2) is 8.50. The van der Waals surface area contributed by atoms with Crippen molar-refractivity contribution in [2.75, 3.05) is 56.7 Å². The summed E-state index contributed by atoms with van der Waals surface area (Å²) in [6.45, 7) is 3.67. The number of aromatic nitrogens is 4. The first-order valence-corrected chi connectivity index (χ1v) is 12.0. The summed E-state index contributed by atoms with van der Waals surface area (Å²) in [5.74, 6) is 1.19. The summed E-state index contributed by atoms with van der Waals surface area (Å²) in [5.41, 5.74) is 2.55. The molecule has 1 aliphatic carbocycles. The molecule has 0 radical (unpaired) electrons. The lowest BCUT2D eigenvalue weighted by Crippen LogP contribution is -2.47. The van der Waals surface area contributed by atoms with Crippen molar-refractivity contribution < 1.29 is 9.18 Å². The van der Waals surface area contributed by atoms with E-state index in [4.69, 9.17) is 4.98 Å². The monoisotopic (exact) mass is 464 g/mol. The molecule has 3 aliphatic rings. The van der Waals surface area contributed by atoms with Crippen LogP contribution < -0.4 is 10.2 Å². The number of amides is 1. The van der Waals surface area contributed by atoms with Gasteiger partial charge in [-0.3, -0.25) is 9.69 Å². The van der Waals surface area contributed by atoms with Crippen molar-refractivity contribution in [2.24, 2.45) is 0 Å². The first-order chi connectivity index (χ1) is 16.6. The number of carbonyl (C=O) groups is 1. The number of piperazine rings is 1. The van der Waals surface area contributed by atoms with Gasteiger partial charge in [-0.05, 0) is 37.5 Å². The Hall–Kier alpha value is -3.27. The summed E-state index contributed by atoms with van der Waals surface area (Å²) < 4.78 is 14.7. The van der Waals surface area contributed by atoms with Crippen LogP contribution in [0.15, 0.2) is 30.6 Å².